The van der Waals surface area contributed by atoms with Crippen molar-refractivity contribution >= 4 is 5.91 Å². The highest BCUT2D eigenvalue weighted by Gasteiger charge is 2.22. The summed E-state index contributed by atoms with van der Waals surface area (Å²) in [6.45, 7) is 0.316. The highest BCUT2D eigenvalue weighted by Crippen LogP contribution is 2.33. The summed E-state index contributed by atoms with van der Waals surface area (Å²) in [6, 6.07) is 10.4. The molecule has 1 aliphatic heterocycles. The lowest BCUT2D eigenvalue weighted by Gasteiger charge is -2.19. The monoisotopic (exact) mass is 350 g/mol. The van der Waals surface area contributed by atoms with Gasteiger partial charge in [0, 0.05) is 23.7 Å². The van der Waals surface area contributed by atoms with Crippen LogP contribution in [0, 0.1) is 0 Å². The lowest BCUT2D eigenvalue weighted by atomic mass is 10.0. The fourth-order valence-corrected chi connectivity index (χ4v) is 2.77. The Hall–Kier alpha value is -3.68. The SMILES string of the molecule is O=C(NCc1ccccn1)c1ccc2c(c1)Cc1c([nH]c(=O)[nH]c1=O)O2. The fraction of sp³-hybridized carbons (Fsp3) is 0.111. The van der Waals surface area contributed by atoms with E-state index in [1.807, 2.05) is 18.2 Å². The van der Waals surface area contributed by atoms with E-state index in [1.165, 1.54) is 0 Å². The largest absolute Gasteiger partial charge is 0.440 e. The first kappa shape index (κ1) is 15.8. The number of aromatic nitrogens is 3. The van der Waals surface area contributed by atoms with E-state index in [4.69, 9.17) is 4.74 Å². The molecule has 8 heteroatoms. The van der Waals surface area contributed by atoms with E-state index in [2.05, 4.69) is 20.3 Å². The number of H-pyrrole nitrogens is 2. The Balaban J connectivity index is 1.56. The number of benzene rings is 1. The van der Waals surface area contributed by atoms with E-state index in [9.17, 15) is 14.4 Å². The molecule has 1 amide bonds. The molecule has 1 aromatic carbocycles. The molecule has 1 aliphatic rings. The molecule has 0 radical (unpaired) electrons. The fourth-order valence-electron chi connectivity index (χ4n) is 2.77. The minimum atomic E-state index is -0.622. The molecule has 3 heterocycles. The summed E-state index contributed by atoms with van der Waals surface area (Å²) in [5.41, 5.74) is 1.10. The summed E-state index contributed by atoms with van der Waals surface area (Å²) in [7, 11) is 0. The minimum absolute atomic E-state index is 0.138. The number of amides is 1. The predicted octanol–water partition coefficient (Wildman–Crippen LogP) is 1.08. The maximum absolute atomic E-state index is 12.4. The Labute approximate surface area is 146 Å². The van der Waals surface area contributed by atoms with Crippen LogP contribution in [0.3, 0.4) is 0 Å². The minimum Gasteiger partial charge on any atom is -0.440 e. The van der Waals surface area contributed by atoms with Gasteiger partial charge in [0.1, 0.15) is 5.75 Å². The van der Waals surface area contributed by atoms with E-state index >= 15 is 0 Å². The van der Waals surface area contributed by atoms with Gasteiger partial charge in [0.25, 0.3) is 11.5 Å². The maximum Gasteiger partial charge on any atom is 0.328 e. The normalized spacial score (nSPS) is 11.8. The van der Waals surface area contributed by atoms with Gasteiger partial charge in [-0.15, -0.1) is 0 Å². The van der Waals surface area contributed by atoms with Crippen LogP contribution in [0.4, 0.5) is 0 Å². The molecule has 0 spiro atoms. The van der Waals surface area contributed by atoms with Crippen molar-refractivity contribution in [1.82, 2.24) is 20.3 Å². The van der Waals surface area contributed by atoms with Crippen LogP contribution in [0.2, 0.25) is 0 Å². The number of rotatable bonds is 3. The van der Waals surface area contributed by atoms with Crippen LogP contribution < -0.4 is 21.3 Å². The summed E-state index contributed by atoms with van der Waals surface area (Å²) in [4.78, 5) is 44.4. The number of ether oxygens (including phenoxy) is 1. The molecular weight excluding hydrogens is 336 g/mol. The molecule has 0 fully saturated rings. The number of carbonyl (C=O) groups is 1. The van der Waals surface area contributed by atoms with Crippen molar-refractivity contribution in [2.45, 2.75) is 13.0 Å². The zero-order valence-electron chi connectivity index (χ0n) is 13.5. The molecule has 2 aromatic heterocycles. The maximum atomic E-state index is 12.4. The van der Waals surface area contributed by atoms with Gasteiger partial charge in [-0.1, -0.05) is 6.07 Å². The lowest BCUT2D eigenvalue weighted by Crippen LogP contribution is -2.28. The smallest absolute Gasteiger partial charge is 0.328 e. The van der Waals surface area contributed by atoms with Gasteiger partial charge in [0.05, 0.1) is 17.8 Å². The third-order valence-corrected chi connectivity index (χ3v) is 4.06. The Morgan fingerprint density at radius 2 is 2.08 bits per heavy atom. The van der Waals surface area contributed by atoms with E-state index in [0.717, 1.165) is 5.69 Å². The van der Waals surface area contributed by atoms with Gasteiger partial charge in [0.15, 0.2) is 0 Å². The van der Waals surface area contributed by atoms with E-state index in [-0.39, 0.29) is 18.2 Å². The number of nitrogens with zero attached hydrogens (tertiary/aromatic N) is 1. The third-order valence-electron chi connectivity index (χ3n) is 4.06. The molecule has 0 unspecified atom stereocenters. The van der Waals surface area contributed by atoms with Crippen molar-refractivity contribution < 1.29 is 9.53 Å². The van der Waals surface area contributed by atoms with Gasteiger partial charge in [-0.3, -0.25) is 24.5 Å². The second-order valence-electron chi connectivity index (χ2n) is 5.82. The summed E-state index contributed by atoms with van der Waals surface area (Å²) >= 11 is 0. The van der Waals surface area contributed by atoms with Crippen molar-refractivity contribution in [2.24, 2.45) is 0 Å². The van der Waals surface area contributed by atoms with Crippen LogP contribution in [0.15, 0.2) is 52.2 Å². The number of hydrogen-bond donors (Lipinski definition) is 3. The van der Waals surface area contributed by atoms with E-state index in [1.54, 1.807) is 24.4 Å². The summed E-state index contributed by atoms with van der Waals surface area (Å²) in [5.74, 6) is 0.387. The van der Waals surface area contributed by atoms with E-state index < -0.39 is 11.2 Å². The van der Waals surface area contributed by atoms with Crippen molar-refractivity contribution in [1.29, 1.82) is 0 Å². The molecule has 0 aliphatic carbocycles. The molecule has 0 saturated carbocycles. The van der Waals surface area contributed by atoms with Gasteiger partial charge in [-0.25, -0.2) is 4.79 Å². The highest BCUT2D eigenvalue weighted by molar-refractivity contribution is 5.94. The summed E-state index contributed by atoms with van der Waals surface area (Å²) in [5, 5.41) is 2.80. The average molecular weight is 350 g/mol. The second kappa shape index (κ2) is 6.32. The van der Waals surface area contributed by atoms with Crippen LogP contribution >= 0.6 is 0 Å². The van der Waals surface area contributed by atoms with Gasteiger partial charge in [0.2, 0.25) is 5.88 Å². The molecule has 26 heavy (non-hydrogen) atoms. The number of hydrogen-bond acceptors (Lipinski definition) is 5. The van der Waals surface area contributed by atoms with Crippen molar-refractivity contribution in [3.8, 4) is 11.6 Å². The number of nitrogens with one attached hydrogen (secondary N) is 3. The molecule has 3 aromatic rings. The van der Waals surface area contributed by atoms with Crippen LogP contribution in [-0.2, 0) is 13.0 Å². The first-order valence-corrected chi connectivity index (χ1v) is 7.94. The summed E-state index contributed by atoms with van der Waals surface area (Å²) in [6.07, 6.45) is 1.93. The first-order valence-electron chi connectivity index (χ1n) is 7.94. The Bertz CT molecular complexity index is 1100. The van der Waals surface area contributed by atoms with Crippen LogP contribution in [0.1, 0.15) is 27.2 Å². The number of carbonyl (C=O) groups excluding carboxylic acids is 1. The quantitative estimate of drug-likeness (QED) is 0.511. The van der Waals surface area contributed by atoms with Crippen LogP contribution in [0.25, 0.3) is 0 Å². The Morgan fingerprint density at radius 1 is 1.19 bits per heavy atom. The molecule has 0 saturated heterocycles. The zero-order valence-corrected chi connectivity index (χ0v) is 13.5. The van der Waals surface area contributed by atoms with Crippen molar-refractivity contribution in [3.05, 3.63) is 85.8 Å². The second-order valence-corrected chi connectivity index (χ2v) is 5.82. The van der Waals surface area contributed by atoms with Gasteiger partial charge < -0.3 is 10.1 Å². The lowest BCUT2D eigenvalue weighted by molar-refractivity contribution is 0.0950. The topological polar surface area (TPSA) is 117 Å². The standard InChI is InChI=1S/C18H14N4O4/c23-15(20-9-12-3-1-2-6-19-12)10-4-5-14-11(7-10)8-13-16(24)21-18(25)22-17(13)26-14/h1-7H,8-9H2,(H,20,23)(H2,21,22,24,25). The molecule has 4 rings (SSSR count). The highest BCUT2D eigenvalue weighted by atomic mass is 16.5. The van der Waals surface area contributed by atoms with Crippen LogP contribution in [0.5, 0.6) is 11.6 Å². The van der Waals surface area contributed by atoms with E-state index in [0.29, 0.717) is 29.0 Å². The molecule has 130 valence electrons. The molecular formula is C18H14N4O4. The zero-order chi connectivity index (χ0) is 18.1. The third kappa shape index (κ3) is 3.00. The van der Waals surface area contributed by atoms with Crippen LogP contribution in [-0.4, -0.2) is 20.9 Å². The van der Waals surface area contributed by atoms with Gasteiger partial charge in [-0.05, 0) is 30.3 Å². The Morgan fingerprint density at radius 3 is 2.88 bits per heavy atom. The number of aromatic amines is 2. The van der Waals surface area contributed by atoms with Gasteiger partial charge >= 0.3 is 5.69 Å². The average Bonchev–Trinajstić information content (AvgIpc) is 2.65. The number of pyridine rings is 1. The summed E-state index contributed by atoms with van der Waals surface area (Å²) < 4.78 is 5.59. The van der Waals surface area contributed by atoms with Crippen molar-refractivity contribution in [2.75, 3.05) is 0 Å². The number of fused-ring (bicyclic) bond motifs is 2. The first-order chi connectivity index (χ1) is 12.6. The predicted molar refractivity (Wildman–Crippen MR) is 92.4 cm³/mol. The Kier molecular flexibility index (Phi) is 3.85. The molecule has 8 nitrogen and oxygen atoms in total. The molecule has 0 bridgehead atoms. The van der Waals surface area contributed by atoms with Crippen molar-refractivity contribution in [3.63, 3.8) is 0 Å². The van der Waals surface area contributed by atoms with Gasteiger partial charge in [-0.2, -0.15) is 0 Å². The molecule has 0 atom stereocenters. The molecule has 3 N–H and O–H groups in total.